The molecule has 0 saturated carbocycles. The molecule has 1 saturated heterocycles. The van der Waals surface area contributed by atoms with Gasteiger partial charge >= 0.3 is 6.03 Å². The number of carbonyl (C=O) groups excluding carboxylic acids is 2. The van der Waals surface area contributed by atoms with Crippen molar-refractivity contribution in [3.63, 3.8) is 0 Å². The van der Waals surface area contributed by atoms with Crippen LogP contribution in [-0.4, -0.2) is 29.7 Å². The Kier molecular flexibility index (Phi) is 5.63. The molecule has 35 heavy (non-hydrogen) atoms. The molecule has 2 aliphatic rings. The summed E-state index contributed by atoms with van der Waals surface area (Å²) in [6.07, 6.45) is 0. The summed E-state index contributed by atoms with van der Waals surface area (Å²) in [7, 11) is 1.58. The Hall–Kier alpha value is -4.00. The molecule has 3 aromatic rings. The van der Waals surface area contributed by atoms with Gasteiger partial charge in [0.2, 0.25) is 5.91 Å². The predicted octanol–water partition coefficient (Wildman–Crippen LogP) is 4.94. The summed E-state index contributed by atoms with van der Waals surface area (Å²) in [4.78, 5) is 28.9. The van der Waals surface area contributed by atoms with E-state index in [1.165, 1.54) is 0 Å². The van der Waals surface area contributed by atoms with E-state index in [0.717, 1.165) is 27.9 Å². The fraction of sp³-hybridized carbons (Fsp3) is 0.286. The Morgan fingerprint density at radius 2 is 1.89 bits per heavy atom. The van der Waals surface area contributed by atoms with Gasteiger partial charge < -0.3 is 20.1 Å². The SMILES string of the molecule is COc1cccc2c1O[C@@]1(C)[C@H](C(=O)Nc3ccc(C)cc3C)[C@H]2NC(=O)N1Cc1ccccc1. The number of nitrogens with zero attached hydrogens (tertiary/aromatic N) is 1. The summed E-state index contributed by atoms with van der Waals surface area (Å²) in [5.41, 5.74) is 3.22. The number of ether oxygens (including phenoxy) is 2. The summed E-state index contributed by atoms with van der Waals surface area (Å²) in [6, 6.07) is 20.2. The van der Waals surface area contributed by atoms with Gasteiger partial charge in [-0.15, -0.1) is 0 Å². The van der Waals surface area contributed by atoms with E-state index in [-0.39, 0.29) is 18.5 Å². The van der Waals surface area contributed by atoms with Crippen molar-refractivity contribution in [2.24, 2.45) is 5.92 Å². The van der Waals surface area contributed by atoms with Crippen LogP contribution in [-0.2, 0) is 11.3 Å². The van der Waals surface area contributed by atoms with Gasteiger partial charge in [0.05, 0.1) is 19.7 Å². The summed E-state index contributed by atoms with van der Waals surface area (Å²) >= 11 is 0. The number of carbonyl (C=O) groups is 2. The minimum Gasteiger partial charge on any atom is -0.493 e. The molecular formula is C28H29N3O4. The number of para-hydroxylation sites is 1. The second-order valence-electron chi connectivity index (χ2n) is 9.32. The van der Waals surface area contributed by atoms with Crippen LogP contribution >= 0.6 is 0 Å². The van der Waals surface area contributed by atoms with Crippen molar-refractivity contribution in [1.29, 1.82) is 0 Å². The second-order valence-corrected chi connectivity index (χ2v) is 9.32. The standard InChI is InChI=1S/C28H29N3O4/c1-17-13-14-21(18(2)15-17)29-26(32)23-24-20-11-8-12-22(34-4)25(20)35-28(23,3)31(27(33)30-24)16-19-9-6-5-7-10-19/h5-15,23-24H,16H2,1-4H3,(H,29,32)(H,30,33)/t23-,24-,28-/m0/s1. The molecule has 180 valence electrons. The number of hydrogen-bond donors (Lipinski definition) is 2. The van der Waals surface area contributed by atoms with E-state index in [4.69, 9.17) is 9.47 Å². The number of methoxy groups -OCH3 is 1. The van der Waals surface area contributed by atoms with Crippen LogP contribution in [0.4, 0.5) is 10.5 Å². The smallest absolute Gasteiger partial charge is 0.321 e. The first kappa shape index (κ1) is 22.8. The van der Waals surface area contributed by atoms with Crippen molar-refractivity contribution in [2.45, 2.75) is 39.1 Å². The van der Waals surface area contributed by atoms with Gasteiger partial charge in [-0.1, -0.05) is 60.2 Å². The number of benzene rings is 3. The lowest BCUT2D eigenvalue weighted by atomic mass is 9.78. The number of anilines is 1. The summed E-state index contributed by atoms with van der Waals surface area (Å²) in [5.74, 6) is 0.152. The lowest BCUT2D eigenvalue weighted by Gasteiger charge is -2.54. The van der Waals surface area contributed by atoms with Crippen molar-refractivity contribution in [2.75, 3.05) is 12.4 Å². The molecule has 2 heterocycles. The maximum absolute atomic E-state index is 13.9. The molecule has 7 heteroatoms. The van der Waals surface area contributed by atoms with Crippen LogP contribution in [0.25, 0.3) is 0 Å². The van der Waals surface area contributed by atoms with Crippen molar-refractivity contribution >= 4 is 17.6 Å². The number of rotatable bonds is 5. The van der Waals surface area contributed by atoms with Crippen LogP contribution in [0.15, 0.2) is 66.7 Å². The Bertz CT molecular complexity index is 1290. The molecule has 0 aliphatic carbocycles. The molecule has 2 bridgehead atoms. The third-order valence-electron chi connectivity index (χ3n) is 6.95. The first-order valence-electron chi connectivity index (χ1n) is 11.7. The predicted molar refractivity (Wildman–Crippen MR) is 133 cm³/mol. The van der Waals surface area contributed by atoms with E-state index in [9.17, 15) is 9.59 Å². The molecule has 3 amide bonds. The molecule has 7 nitrogen and oxygen atoms in total. The Morgan fingerprint density at radius 3 is 2.60 bits per heavy atom. The third-order valence-corrected chi connectivity index (χ3v) is 6.95. The number of hydrogen-bond acceptors (Lipinski definition) is 4. The monoisotopic (exact) mass is 471 g/mol. The largest absolute Gasteiger partial charge is 0.493 e. The Balaban J connectivity index is 1.59. The van der Waals surface area contributed by atoms with Gasteiger partial charge in [0.15, 0.2) is 17.2 Å². The highest BCUT2D eigenvalue weighted by atomic mass is 16.5. The first-order chi connectivity index (χ1) is 16.8. The molecule has 1 fully saturated rings. The third kappa shape index (κ3) is 3.87. The molecule has 5 rings (SSSR count). The van der Waals surface area contributed by atoms with Gasteiger partial charge in [0.1, 0.15) is 5.92 Å². The van der Waals surface area contributed by atoms with Crippen molar-refractivity contribution < 1.29 is 19.1 Å². The molecule has 0 radical (unpaired) electrons. The van der Waals surface area contributed by atoms with E-state index in [2.05, 4.69) is 10.6 Å². The fourth-order valence-corrected chi connectivity index (χ4v) is 5.16. The lowest BCUT2D eigenvalue weighted by Crippen LogP contribution is -2.71. The Labute approximate surface area is 205 Å². The van der Waals surface area contributed by atoms with E-state index in [0.29, 0.717) is 11.5 Å². The quantitative estimate of drug-likeness (QED) is 0.552. The van der Waals surface area contributed by atoms with Crippen LogP contribution < -0.4 is 20.1 Å². The van der Waals surface area contributed by atoms with E-state index >= 15 is 0 Å². The van der Waals surface area contributed by atoms with Crippen molar-refractivity contribution in [1.82, 2.24) is 10.2 Å². The van der Waals surface area contributed by atoms with Crippen molar-refractivity contribution in [3.8, 4) is 11.5 Å². The molecular weight excluding hydrogens is 442 g/mol. The molecule has 3 aromatic carbocycles. The number of urea groups is 1. The zero-order valence-corrected chi connectivity index (χ0v) is 20.3. The minimum atomic E-state index is -1.26. The Morgan fingerprint density at radius 1 is 1.11 bits per heavy atom. The van der Waals surface area contributed by atoms with Gasteiger partial charge in [-0.2, -0.15) is 0 Å². The number of nitrogens with one attached hydrogen (secondary N) is 2. The molecule has 0 spiro atoms. The first-order valence-corrected chi connectivity index (χ1v) is 11.7. The highest BCUT2D eigenvalue weighted by molar-refractivity contribution is 5.96. The zero-order chi connectivity index (χ0) is 24.7. The molecule has 3 atom stereocenters. The van der Waals surface area contributed by atoms with E-state index in [1.54, 1.807) is 12.0 Å². The fourth-order valence-electron chi connectivity index (χ4n) is 5.16. The van der Waals surface area contributed by atoms with Gasteiger partial charge in [-0.25, -0.2) is 4.79 Å². The van der Waals surface area contributed by atoms with Crippen LogP contribution in [0.2, 0.25) is 0 Å². The number of fused-ring (bicyclic) bond motifs is 4. The molecule has 0 unspecified atom stereocenters. The van der Waals surface area contributed by atoms with Crippen LogP contribution in [0.5, 0.6) is 11.5 Å². The second kappa shape index (κ2) is 8.65. The van der Waals surface area contributed by atoms with E-state index < -0.39 is 17.7 Å². The van der Waals surface area contributed by atoms with Gasteiger partial charge in [-0.05, 0) is 44.0 Å². The highest BCUT2D eigenvalue weighted by Gasteiger charge is 2.60. The summed E-state index contributed by atoms with van der Waals surface area (Å²) in [6.45, 7) is 6.07. The number of amides is 3. The maximum Gasteiger partial charge on any atom is 0.321 e. The lowest BCUT2D eigenvalue weighted by molar-refractivity contribution is -0.155. The maximum atomic E-state index is 13.9. The van der Waals surface area contributed by atoms with E-state index in [1.807, 2.05) is 87.5 Å². The molecule has 2 N–H and O–H groups in total. The zero-order valence-electron chi connectivity index (χ0n) is 20.3. The van der Waals surface area contributed by atoms with Crippen LogP contribution in [0.1, 0.15) is 35.2 Å². The minimum absolute atomic E-state index is 0.226. The topological polar surface area (TPSA) is 79.9 Å². The molecule has 2 aliphatic heterocycles. The highest BCUT2D eigenvalue weighted by Crippen LogP contribution is 2.51. The summed E-state index contributed by atoms with van der Waals surface area (Å²) in [5, 5.41) is 6.17. The van der Waals surface area contributed by atoms with Gasteiger partial charge in [-0.3, -0.25) is 9.69 Å². The molecule has 0 aromatic heterocycles. The van der Waals surface area contributed by atoms with Gasteiger partial charge in [0, 0.05) is 11.3 Å². The van der Waals surface area contributed by atoms with Crippen LogP contribution in [0.3, 0.4) is 0 Å². The van der Waals surface area contributed by atoms with Crippen LogP contribution in [0, 0.1) is 19.8 Å². The van der Waals surface area contributed by atoms with Gasteiger partial charge in [0.25, 0.3) is 0 Å². The van der Waals surface area contributed by atoms with Crippen molar-refractivity contribution in [3.05, 3.63) is 89.0 Å². The number of aryl methyl sites for hydroxylation is 2. The average molecular weight is 472 g/mol. The summed E-state index contributed by atoms with van der Waals surface area (Å²) < 4.78 is 12.1. The average Bonchev–Trinajstić information content (AvgIpc) is 2.83. The normalized spacial score (nSPS) is 22.5.